The number of fused-ring (bicyclic) bond motifs is 2. The molecule has 10 heteroatoms. The molecular formula is C26H30N4O6. The minimum atomic E-state index is -0.927. The molecule has 1 aromatic rings. The van der Waals surface area contributed by atoms with Gasteiger partial charge >= 0.3 is 12.1 Å². The Labute approximate surface area is 209 Å². The van der Waals surface area contributed by atoms with E-state index < -0.39 is 23.6 Å². The van der Waals surface area contributed by atoms with Crippen LogP contribution < -0.4 is 15.4 Å². The molecule has 1 aromatic carbocycles. The molecule has 4 aliphatic rings. The molecule has 10 nitrogen and oxygen atoms in total. The van der Waals surface area contributed by atoms with Gasteiger partial charge in [0.2, 0.25) is 5.91 Å². The molecule has 36 heavy (non-hydrogen) atoms. The number of methoxy groups -OCH3 is 1. The zero-order chi connectivity index (χ0) is 25.4. The molecule has 190 valence electrons. The van der Waals surface area contributed by atoms with Gasteiger partial charge in [-0.05, 0) is 55.0 Å². The van der Waals surface area contributed by atoms with Crippen molar-refractivity contribution in [3.8, 4) is 5.75 Å². The fourth-order valence-electron chi connectivity index (χ4n) is 5.82. The van der Waals surface area contributed by atoms with E-state index in [1.165, 1.54) is 11.9 Å². The van der Waals surface area contributed by atoms with Gasteiger partial charge in [0.1, 0.15) is 12.3 Å². The second-order valence-corrected chi connectivity index (χ2v) is 9.60. The standard InChI is InChI=1S/C26H30N4O6/c1-27-24(33)28-20-9-8-19-18(23(20)32)10-11-26(19)15-29(25(34)36-26)14-22(31)30-12-4-7-21(30)16-5-3-6-17(13-16)35-2/h3,5-6,8-9,13,18,21H,4,7,10-12,14-15H2,1-2H3,(H2,27,28,33)/t18?,21?,26-/m0/s1. The predicted octanol–water partition coefficient (Wildman–Crippen LogP) is 2.28. The molecule has 1 saturated carbocycles. The van der Waals surface area contributed by atoms with Gasteiger partial charge < -0.3 is 25.0 Å². The van der Waals surface area contributed by atoms with Gasteiger partial charge in [-0.15, -0.1) is 0 Å². The number of nitrogens with one attached hydrogen (secondary N) is 2. The van der Waals surface area contributed by atoms with E-state index in [-0.39, 0.29) is 36.5 Å². The number of ether oxygens (including phenoxy) is 2. The Morgan fingerprint density at radius 1 is 1.22 bits per heavy atom. The Bertz CT molecular complexity index is 1180. The summed E-state index contributed by atoms with van der Waals surface area (Å²) in [6.07, 6.45) is 5.51. The third-order valence-corrected chi connectivity index (χ3v) is 7.59. The number of likely N-dealkylation sites (tertiary alicyclic amines) is 1. The number of Topliss-reactive ketones (excluding diaryl/α,β-unsaturated/α-hetero) is 1. The van der Waals surface area contributed by atoms with Crippen LogP contribution in [0.25, 0.3) is 0 Å². The van der Waals surface area contributed by atoms with Crippen LogP contribution in [0.3, 0.4) is 0 Å². The fraction of sp³-hybridized carbons (Fsp3) is 0.462. The maximum atomic E-state index is 13.3. The second kappa shape index (κ2) is 9.33. The molecule has 2 N–H and O–H groups in total. The van der Waals surface area contributed by atoms with Gasteiger partial charge in [0.05, 0.1) is 25.4 Å². The quantitative estimate of drug-likeness (QED) is 0.649. The summed E-state index contributed by atoms with van der Waals surface area (Å²) >= 11 is 0. The maximum Gasteiger partial charge on any atom is 0.411 e. The van der Waals surface area contributed by atoms with Crippen molar-refractivity contribution in [2.75, 3.05) is 33.8 Å². The summed E-state index contributed by atoms with van der Waals surface area (Å²) in [7, 11) is 3.09. The number of hydrogen-bond donors (Lipinski definition) is 2. The predicted molar refractivity (Wildman–Crippen MR) is 129 cm³/mol. The smallest absolute Gasteiger partial charge is 0.411 e. The average Bonchev–Trinajstić information content (AvgIpc) is 3.59. The number of amides is 4. The van der Waals surface area contributed by atoms with Crippen LogP contribution in [0.15, 0.2) is 47.7 Å². The second-order valence-electron chi connectivity index (χ2n) is 9.60. The number of ketones is 1. The van der Waals surface area contributed by atoms with E-state index >= 15 is 0 Å². The van der Waals surface area contributed by atoms with E-state index in [1.807, 2.05) is 29.2 Å². The van der Waals surface area contributed by atoms with Crippen LogP contribution in [0.5, 0.6) is 5.75 Å². The Morgan fingerprint density at radius 2 is 2.06 bits per heavy atom. The summed E-state index contributed by atoms with van der Waals surface area (Å²) in [5.41, 5.74) is 1.03. The molecule has 2 saturated heterocycles. The summed E-state index contributed by atoms with van der Waals surface area (Å²) in [6.45, 7) is 0.769. The van der Waals surface area contributed by atoms with E-state index in [0.29, 0.717) is 19.4 Å². The number of urea groups is 1. The molecule has 2 aliphatic carbocycles. The maximum absolute atomic E-state index is 13.3. The number of hydrogen-bond acceptors (Lipinski definition) is 6. The van der Waals surface area contributed by atoms with E-state index in [1.54, 1.807) is 19.3 Å². The summed E-state index contributed by atoms with van der Waals surface area (Å²) < 4.78 is 11.2. The number of allylic oxidation sites excluding steroid dienone is 3. The Morgan fingerprint density at radius 3 is 2.83 bits per heavy atom. The zero-order valence-corrected chi connectivity index (χ0v) is 20.4. The van der Waals surface area contributed by atoms with Crippen molar-refractivity contribution in [2.24, 2.45) is 5.92 Å². The molecule has 3 fully saturated rings. The van der Waals surface area contributed by atoms with Crippen LogP contribution in [0.4, 0.5) is 9.59 Å². The third-order valence-electron chi connectivity index (χ3n) is 7.59. The van der Waals surface area contributed by atoms with Crippen LogP contribution in [-0.2, 0) is 14.3 Å². The molecule has 5 rings (SSSR count). The van der Waals surface area contributed by atoms with E-state index in [0.717, 1.165) is 29.7 Å². The normalized spacial score (nSPS) is 26.9. The Hall–Kier alpha value is -3.82. The molecule has 0 radical (unpaired) electrons. The minimum Gasteiger partial charge on any atom is -0.497 e. The van der Waals surface area contributed by atoms with Crippen LogP contribution in [-0.4, -0.2) is 73.0 Å². The lowest BCUT2D eigenvalue weighted by molar-refractivity contribution is -0.132. The largest absolute Gasteiger partial charge is 0.497 e. The Kier molecular flexibility index (Phi) is 6.19. The first-order chi connectivity index (χ1) is 17.3. The van der Waals surface area contributed by atoms with Crippen molar-refractivity contribution in [1.29, 1.82) is 0 Å². The van der Waals surface area contributed by atoms with E-state index in [2.05, 4.69) is 10.6 Å². The molecular weight excluding hydrogens is 464 g/mol. The molecule has 0 aromatic heterocycles. The van der Waals surface area contributed by atoms with E-state index in [9.17, 15) is 19.2 Å². The van der Waals surface area contributed by atoms with Gasteiger partial charge in [0.25, 0.3) is 0 Å². The highest BCUT2D eigenvalue weighted by Crippen LogP contribution is 2.48. The number of carbonyl (C=O) groups is 4. The molecule has 2 heterocycles. The highest BCUT2D eigenvalue weighted by molar-refractivity contribution is 6.03. The lowest BCUT2D eigenvalue weighted by Gasteiger charge is -2.28. The lowest BCUT2D eigenvalue weighted by Crippen LogP contribution is -2.42. The minimum absolute atomic E-state index is 0.0638. The number of carbonyl (C=O) groups excluding carboxylic acids is 4. The first kappa shape index (κ1) is 23.9. The van der Waals surface area contributed by atoms with Gasteiger partial charge in [-0.3, -0.25) is 14.5 Å². The first-order valence-corrected chi connectivity index (χ1v) is 12.2. The Balaban J connectivity index is 1.29. The first-order valence-electron chi connectivity index (χ1n) is 12.2. The number of benzene rings is 1. The summed E-state index contributed by atoms with van der Waals surface area (Å²) in [6, 6.07) is 7.19. The topological polar surface area (TPSA) is 117 Å². The van der Waals surface area contributed by atoms with Gasteiger partial charge in [-0.2, -0.15) is 0 Å². The monoisotopic (exact) mass is 494 g/mol. The molecule has 4 amide bonds. The fourth-order valence-corrected chi connectivity index (χ4v) is 5.82. The number of nitrogens with zero attached hydrogens (tertiary/aromatic N) is 2. The molecule has 0 bridgehead atoms. The van der Waals surface area contributed by atoms with E-state index in [4.69, 9.17) is 9.47 Å². The van der Waals surface area contributed by atoms with Crippen molar-refractivity contribution in [2.45, 2.75) is 37.3 Å². The summed E-state index contributed by atoms with van der Waals surface area (Å²) in [5, 5.41) is 4.98. The highest BCUT2D eigenvalue weighted by atomic mass is 16.6. The van der Waals surface area contributed by atoms with Crippen LogP contribution in [0.2, 0.25) is 0 Å². The van der Waals surface area contributed by atoms with Gasteiger partial charge in [-0.1, -0.05) is 18.2 Å². The molecule has 2 unspecified atom stereocenters. The summed E-state index contributed by atoms with van der Waals surface area (Å²) in [4.78, 5) is 54.0. The van der Waals surface area contributed by atoms with Crippen molar-refractivity contribution in [3.63, 3.8) is 0 Å². The van der Waals surface area contributed by atoms with Crippen molar-refractivity contribution < 1.29 is 28.7 Å². The molecule has 1 spiro atoms. The van der Waals surface area contributed by atoms with Gasteiger partial charge in [0.15, 0.2) is 11.4 Å². The summed E-state index contributed by atoms with van der Waals surface area (Å²) in [5.74, 6) is -0.0430. The van der Waals surface area contributed by atoms with Crippen LogP contribution in [0.1, 0.15) is 37.3 Å². The van der Waals surface area contributed by atoms with Crippen LogP contribution >= 0.6 is 0 Å². The van der Waals surface area contributed by atoms with Crippen LogP contribution in [0, 0.1) is 5.92 Å². The highest BCUT2D eigenvalue weighted by Gasteiger charge is 2.56. The van der Waals surface area contributed by atoms with Gasteiger partial charge in [-0.25, -0.2) is 9.59 Å². The van der Waals surface area contributed by atoms with Crippen molar-refractivity contribution in [3.05, 3.63) is 53.3 Å². The number of rotatable bonds is 5. The molecule has 3 atom stereocenters. The van der Waals surface area contributed by atoms with Crippen molar-refractivity contribution >= 4 is 23.8 Å². The third kappa shape index (κ3) is 4.10. The molecule has 2 aliphatic heterocycles. The average molecular weight is 495 g/mol. The SMILES string of the molecule is CNC(=O)NC1=CC=C2C(CC[C@]23CN(CC(=O)N2CCCC2c2cccc(OC)c2)C(=O)O3)C1=O. The van der Waals surface area contributed by atoms with Crippen molar-refractivity contribution in [1.82, 2.24) is 20.4 Å². The zero-order valence-electron chi connectivity index (χ0n) is 20.4. The lowest BCUT2D eigenvalue weighted by atomic mass is 9.85. The van der Waals surface area contributed by atoms with Gasteiger partial charge in [0, 0.05) is 19.5 Å².